The molecule has 328 valence electrons. The molecule has 4 aliphatic heterocycles. The normalized spacial score (nSPS) is 36.0. The molecule has 0 unspecified atom stereocenters. The monoisotopic (exact) mass is 850 g/mol. The van der Waals surface area contributed by atoms with Gasteiger partial charge >= 0.3 is 34.6 Å². The van der Waals surface area contributed by atoms with Crippen molar-refractivity contribution in [1.82, 2.24) is 41.2 Å². The SMILES string of the molecule is CC(C)(C)OC(=O)NC1CC2(C1)CC(NC(=O)[C@@H]1CC[C@@H]3CN1C(=O)N3OS(=O)(=O)ON1C(=O)N3C[C@H]1CC[C@H]3C(=O)NC1CC3(CC(NC(=O)OC(C)(C)C)C3)C1)C2. The van der Waals surface area contributed by atoms with Crippen molar-refractivity contribution in [3.63, 3.8) is 0 Å². The van der Waals surface area contributed by atoms with Gasteiger partial charge < -0.3 is 40.5 Å². The van der Waals surface area contributed by atoms with Gasteiger partial charge in [-0.2, -0.15) is 18.5 Å². The standard InChI is InChI=1S/C38H58N8O12S/c1-35(2,3)55-31(49)41-23-15-37(16-23)11-21(12-37)39-29(47)27-9-7-25-19-43(27)33(51)45(25)57-59(53,54)58-46-26-8-10-28(44(20-26)34(46)52)30(48)40-22-13-38(14-22)17-24(18-38)42-32(50)56-36(4,5)6/h21-28H,7-20H2,1-6H3,(H,39,47)(H,40,48)(H,41,49)(H,42,50)/t21?,22?,23?,24?,25-,26-,27+,28+,37?,38?/m1/s1. The van der Waals surface area contributed by atoms with Crippen LogP contribution >= 0.6 is 0 Å². The summed E-state index contributed by atoms with van der Waals surface area (Å²) in [6, 6.07) is -4.56. The van der Waals surface area contributed by atoms with E-state index in [2.05, 4.69) is 21.3 Å². The number of urea groups is 2. The van der Waals surface area contributed by atoms with E-state index >= 15 is 0 Å². The van der Waals surface area contributed by atoms with Crippen molar-refractivity contribution < 1.29 is 55.2 Å². The molecule has 0 aromatic rings. The Balaban J connectivity index is 0.761. The first-order chi connectivity index (χ1) is 27.5. The van der Waals surface area contributed by atoms with Crippen molar-refractivity contribution in [2.45, 2.75) is 178 Å². The zero-order valence-electron chi connectivity index (χ0n) is 34.6. The van der Waals surface area contributed by atoms with Gasteiger partial charge in [0.05, 0.1) is 12.1 Å². The Morgan fingerprint density at radius 1 is 0.559 bits per heavy atom. The average Bonchev–Trinajstić information content (AvgIpc) is 3.41. The highest BCUT2D eigenvalue weighted by molar-refractivity contribution is 7.81. The van der Waals surface area contributed by atoms with Gasteiger partial charge in [-0.3, -0.25) is 9.59 Å². The topological polar surface area (TPSA) is 235 Å². The van der Waals surface area contributed by atoms with Gasteiger partial charge in [0.15, 0.2) is 0 Å². The number of rotatable bonds is 10. The third-order valence-electron chi connectivity index (χ3n) is 13.2. The first-order valence-corrected chi connectivity index (χ1v) is 22.2. The predicted octanol–water partition coefficient (Wildman–Crippen LogP) is 2.54. The molecule has 8 fully saturated rings. The first kappa shape index (κ1) is 41.6. The second-order valence-corrected chi connectivity index (χ2v) is 21.4. The van der Waals surface area contributed by atoms with Gasteiger partial charge in [0.1, 0.15) is 23.3 Å². The Kier molecular flexibility index (Phi) is 10.2. The summed E-state index contributed by atoms with van der Waals surface area (Å²) >= 11 is 0. The van der Waals surface area contributed by atoms with Crippen molar-refractivity contribution in [3.8, 4) is 0 Å². The summed E-state index contributed by atoms with van der Waals surface area (Å²) in [7, 11) is -4.97. The molecule has 4 saturated heterocycles. The van der Waals surface area contributed by atoms with Crippen LogP contribution in [0.15, 0.2) is 0 Å². The quantitative estimate of drug-likeness (QED) is 0.248. The number of carbonyl (C=O) groups is 6. The van der Waals surface area contributed by atoms with E-state index in [1.54, 1.807) is 0 Å². The van der Waals surface area contributed by atoms with Crippen LogP contribution in [0.1, 0.15) is 119 Å². The lowest BCUT2D eigenvalue weighted by molar-refractivity contribution is -0.130. The molecule has 0 aromatic carbocycles. The second kappa shape index (κ2) is 14.5. The van der Waals surface area contributed by atoms with Crippen LogP contribution in [0.5, 0.6) is 0 Å². The average molecular weight is 851 g/mol. The highest BCUT2D eigenvalue weighted by Crippen LogP contribution is 2.57. The fraction of sp³-hybridized carbons (Fsp3) is 0.842. The summed E-state index contributed by atoms with van der Waals surface area (Å²) in [5, 5.41) is 13.3. The Morgan fingerprint density at radius 2 is 0.881 bits per heavy atom. The number of carbonyl (C=O) groups excluding carboxylic acids is 6. The van der Waals surface area contributed by atoms with Gasteiger partial charge in [-0.1, -0.05) is 0 Å². The molecule has 4 aliphatic carbocycles. The lowest BCUT2D eigenvalue weighted by Gasteiger charge is -2.57. The molecule has 8 rings (SSSR count). The van der Waals surface area contributed by atoms with E-state index in [4.69, 9.17) is 18.0 Å². The number of amides is 8. The summed E-state index contributed by atoms with van der Waals surface area (Å²) in [6.07, 6.45) is 6.61. The molecule has 21 heteroatoms. The number of hydrogen-bond acceptors (Lipinski definition) is 12. The second-order valence-electron chi connectivity index (χ2n) is 20.3. The van der Waals surface area contributed by atoms with Gasteiger partial charge in [0.25, 0.3) is 0 Å². The van der Waals surface area contributed by atoms with Crippen LogP contribution in [0.2, 0.25) is 0 Å². The molecule has 0 radical (unpaired) electrons. The Morgan fingerprint density at radius 3 is 1.20 bits per heavy atom. The maximum atomic E-state index is 13.4. The molecule has 4 saturated carbocycles. The summed E-state index contributed by atoms with van der Waals surface area (Å²) in [4.78, 5) is 80.4. The highest BCUT2D eigenvalue weighted by atomic mass is 32.3. The van der Waals surface area contributed by atoms with E-state index in [0.29, 0.717) is 35.8 Å². The highest BCUT2D eigenvalue weighted by Gasteiger charge is 2.57. The van der Waals surface area contributed by atoms with Crippen molar-refractivity contribution in [2.24, 2.45) is 10.8 Å². The minimum Gasteiger partial charge on any atom is -0.444 e. The van der Waals surface area contributed by atoms with Crippen molar-refractivity contribution >= 4 is 46.5 Å². The van der Waals surface area contributed by atoms with Crippen molar-refractivity contribution in [3.05, 3.63) is 0 Å². The first-order valence-electron chi connectivity index (χ1n) is 20.9. The molecule has 59 heavy (non-hydrogen) atoms. The predicted molar refractivity (Wildman–Crippen MR) is 205 cm³/mol. The number of piperidine rings is 2. The van der Waals surface area contributed by atoms with Crippen LogP contribution in [0.3, 0.4) is 0 Å². The fourth-order valence-electron chi connectivity index (χ4n) is 10.8. The third kappa shape index (κ3) is 8.60. The maximum absolute atomic E-state index is 13.4. The Bertz CT molecular complexity index is 1730. The van der Waals surface area contributed by atoms with Gasteiger partial charge in [-0.15, -0.1) is 8.57 Å². The number of fused-ring (bicyclic) bond motifs is 4. The van der Waals surface area contributed by atoms with E-state index in [-0.39, 0.29) is 59.9 Å². The van der Waals surface area contributed by atoms with E-state index in [1.165, 1.54) is 9.80 Å². The Hall–Kier alpha value is -4.11. The smallest absolute Gasteiger partial charge is 0.442 e. The minimum absolute atomic E-state index is 0.0281. The number of hydroxylamine groups is 4. The molecule has 8 aliphatic rings. The fourth-order valence-corrected chi connectivity index (χ4v) is 11.6. The molecule has 4 bridgehead atoms. The van der Waals surface area contributed by atoms with Crippen LogP contribution in [0.4, 0.5) is 19.2 Å². The van der Waals surface area contributed by atoms with E-state index in [9.17, 15) is 37.2 Å². The van der Waals surface area contributed by atoms with Crippen LogP contribution in [-0.2, 0) is 38.0 Å². The lowest BCUT2D eigenvalue weighted by Crippen LogP contribution is -2.63. The van der Waals surface area contributed by atoms with E-state index < -0.39 is 70.0 Å². The molecular weight excluding hydrogens is 793 g/mol. The number of hydrogen-bond donors (Lipinski definition) is 4. The molecule has 4 N–H and O–H groups in total. The zero-order chi connectivity index (χ0) is 42.4. The number of nitrogens with zero attached hydrogens (tertiary/aromatic N) is 4. The molecule has 2 spiro atoms. The molecule has 4 heterocycles. The summed E-state index contributed by atoms with van der Waals surface area (Å²) in [5.41, 5.74) is -1.04. The van der Waals surface area contributed by atoms with E-state index in [0.717, 1.165) is 51.4 Å². The van der Waals surface area contributed by atoms with Crippen molar-refractivity contribution in [2.75, 3.05) is 13.1 Å². The summed E-state index contributed by atoms with van der Waals surface area (Å²) in [6.45, 7) is 11.0. The molecule has 20 nitrogen and oxygen atoms in total. The van der Waals surface area contributed by atoms with Gasteiger partial charge in [-0.05, 0) is 129 Å². The van der Waals surface area contributed by atoms with Gasteiger partial charge in [0.2, 0.25) is 11.8 Å². The van der Waals surface area contributed by atoms with E-state index in [1.807, 2.05) is 41.5 Å². The Labute approximate surface area is 344 Å². The maximum Gasteiger partial charge on any atom is 0.442 e. The van der Waals surface area contributed by atoms with Crippen molar-refractivity contribution in [1.29, 1.82) is 0 Å². The molecule has 8 amide bonds. The van der Waals surface area contributed by atoms with Gasteiger partial charge in [-0.25, -0.2) is 19.2 Å². The zero-order valence-corrected chi connectivity index (χ0v) is 35.4. The summed E-state index contributed by atoms with van der Waals surface area (Å²) in [5.74, 6) is -0.631. The van der Waals surface area contributed by atoms with Crippen LogP contribution in [-0.4, -0.2) is 137 Å². The van der Waals surface area contributed by atoms with Crippen LogP contribution in [0.25, 0.3) is 0 Å². The number of alkyl carbamates (subject to hydrolysis) is 2. The summed E-state index contributed by atoms with van der Waals surface area (Å²) < 4.78 is 47.5. The molecule has 4 atom stereocenters. The minimum atomic E-state index is -4.97. The third-order valence-corrected chi connectivity index (χ3v) is 13.9. The largest absolute Gasteiger partial charge is 0.444 e. The van der Waals surface area contributed by atoms with Crippen LogP contribution < -0.4 is 21.3 Å². The molecular formula is C38H58N8O12S. The lowest BCUT2D eigenvalue weighted by atomic mass is 9.52. The van der Waals surface area contributed by atoms with Gasteiger partial charge in [0, 0.05) is 37.3 Å². The number of ether oxygens (including phenoxy) is 2. The molecule has 0 aromatic heterocycles. The number of nitrogens with one attached hydrogen (secondary N) is 4. The van der Waals surface area contributed by atoms with Crippen LogP contribution in [0, 0.1) is 10.8 Å².